The van der Waals surface area contributed by atoms with Gasteiger partial charge in [-0.25, -0.2) is 0 Å². The zero-order valence-corrected chi connectivity index (χ0v) is 12.0. The van der Waals surface area contributed by atoms with E-state index in [2.05, 4.69) is 19.0 Å². The minimum Gasteiger partial charge on any atom is -0.355 e. The number of hydrogen-bond acceptors (Lipinski definition) is 3. The molecule has 20 heavy (non-hydrogen) atoms. The Morgan fingerprint density at radius 2 is 1.80 bits per heavy atom. The lowest BCUT2D eigenvalue weighted by molar-refractivity contribution is 0.0756. The number of carbonyl (C=O) groups is 1. The largest absolute Gasteiger partial charge is 0.355 e. The van der Waals surface area contributed by atoms with Gasteiger partial charge >= 0.3 is 0 Å². The van der Waals surface area contributed by atoms with Crippen LogP contribution in [0.1, 0.15) is 37.0 Å². The van der Waals surface area contributed by atoms with Gasteiger partial charge in [-0.2, -0.15) is 0 Å². The SMILES string of the molecule is CCCN(CCC)C(=O)c1cnoc1-c1ccccc1. The lowest BCUT2D eigenvalue weighted by Gasteiger charge is -2.20. The van der Waals surface area contributed by atoms with E-state index >= 15 is 0 Å². The fraction of sp³-hybridized carbons (Fsp3) is 0.375. The molecule has 0 radical (unpaired) electrons. The van der Waals surface area contributed by atoms with Gasteiger partial charge in [0.2, 0.25) is 0 Å². The zero-order chi connectivity index (χ0) is 14.4. The van der Waals surface area contributed by atoms with Crippen molar-refractivity contribution in [2.45, 2.75) is 26.7 Å². The van der Waals surface area contributed by atoms with Gasteiger partial charge in [0.05, 0.1) is 6.20 Å². The fourth-order valence-corrected chi connectivity index (χ4v) is 2.21. The van der Waals surface area contributed by atoms with Crippen molar-refractivity contribution in [3.05, 3.63) is 42.1 Å². The summed E-state index contributed by atoms with van der Waals surface area (Å²) in [5.74, 6) is 0.543. The molecule has 0 N–H and O–H groups in total. The minimum atomic E-state index is -0.00574. The second-order valence-corrected chi connectivity index (χ2v) is 4.73. The number of aromatic nitrogens is 1. The van der Waals surface area contributed by atoms with E-state index in [-0.39, 0.29) is 5.91 Å². The first-order chi connectivity index (χ1) is 9.77. The van der Waals surface area contributed by atoms with Gasteiger partial charge < -0.3 is 9.42 Å². The second-order valence-electron chi connectivity index (χ2n) is 4.73. The number of carbonyl (C=O) groups excluding carboxylic acids is 1. The predicted octanol–water partition coefficient (Wildman–Crippen LogP) is 3.60. The smallest absolute Gasteiger partial charge is 0.259 e. The molecule has 0 unspecified atom stereocenters. The zero-order valence-electron chi connectivity index (χ0n) is 12.0. The van der Waals surface area contributed by atoms with Crippen molar-refractivity contribution < 1.29 is 9.32 Å². The molecule has 0 aliphatic carbocycles. The molecule has 106 valence electrons. The summed E-state index contributed by atoms with van der Waals surface area (Å²) >= 11 is 0. The van der Waals surface area contributed by atoms with Crippen molar-refractivity contribution >= 4 is 5.91 Å². The Morgan fingerprint density at radius 1 is 1.15 bits per heavy atom. The average molecular weight is 272 g/mol. The van der Waals surface area contributed by atoms with Crippen LogP contribution < -0.4 is 0 Å². The molecule has 0 aliphatic rings. The number of rotatable bonds is 6. The molecule has 1 aromatic carbocycles. The van der Waals surface area contributed by atoms with Crippen LogP contribution in [0.4, 0.5) is 0 Å². The van der Waals surface area contributed by atoms with Crippen LogP contribution >= 0.6 is 0 Å². The molecule has 2 aromatic rings. The highest BCUT2D eigenvalue weighted by molar-refractivity contribution is 5.99. The van der Waals surface area contributed by atoms with Crippen molar-refractivity contribution in [3.8, 4) is 11.3 Å². The summed E-state index contributed by atoms with van der Waals surface area (Å²) < 4.78 is 5.28. The molecule has 1 heterocycles. The Labute approximate surface area is 119 Å². The van der Waals surface area contributed by atoms with E-state index in [0.717, 1.165) is 31.5 Å². The van der Waals surface area contributed by atoms with Crippen molar-refractivity contribution in [2.24, 2.45) is 0 Å². The number of nitrogens with zero attached hydrogens (tertiary/aromatic N) is 2. The van der Waals surface area contributed by atoms with Crippen molar-refractivity contribution in [3.63, 3.8) is 0 Å². The molecule has 1 aromatic heterocycles. The monoisotopic (exact) mass is 272 g/mol. The maximum atomic E-state index is 12.6. The summed E-state index contributed by atoms with van der Waals surface area (Å²) in [6, 6.07) is 9.61. The highest BCUT2D eigenvalue weighted by Crippen LogP contribution is 2.24. The summed E-state index contributed by atoms with van der Waals surface area (Å²) in [4.78, 5) is 14.5. The lowest BCUT2D eigenvalue weighted by Crippen LogP contribution is -2.32. The van der Waals surface area contributed by atoms with Crippen LogP contribution in [0.2, 0.25) is 0 Å². The maximum Gasteiger partial charge on any atom is 0.259 e. The van der Waals surface area contributed by atoms with Gasteiger partial charge in [0.25, 0.3) is 5.91 Å². The standard InChI is InChI=1S/C16H20N2O2/c1-3-10-18(11-4-2)16(19)14-12-17-20-15(14)13-8-6-5-7-9-13/h5-9,12H,3-4,10-11H2,1-2H3. The van der Waals surface area contributed by atoms with Crippen LogP contribution in [0.3, 0.4) is 0 Å². The van der Waals surface area contributed by atoms with Gasteiger partial charge in [0, 0.05) is 18.7 Å². The normalized spacial score (nSPS) is 10.5. The molecule has 0 saturated heterocycles. The molecule has 0 aliphatic heterocycles. The molecule has 4 nitrogen and oxygen atoms in total. The summed E-state index contributed by atoms with van der Waals surface area (Å²) in [5.41, 5.74) is 1.42. The highest BCUT2D eigenvalue weighted by Gasteiger charge is 2.22. The van der Waals surface area contributed by atoms with E-state index in [1.165, 1.54) is 6.20 Å². The third-order valence-corrected chi connectivity index (χ3v) is 3.11. The summed E-state index contributed by atoms with van der Waals surface area (Å²) in [5, 5.41) is 3.80. The molecule has 2 rings (SSSR count). The fourth-order valence-electron chi connectivity index (χ4n) is 2.21. The van der Waals surface area contributed by atoms with Crippen LogP contribution in [0, 0.1) is 0 Å². The quantitative estimate of drug-likeness (QED) is 0.807. The summed E-state index contributed by atoms with van der Waals surface area (Å²) in [6.07, 6.45) is 3.40. The first kappa shape index (κ1) is 14.3. The Bertz CT molecular complexity index is 543. The molecule has 0 fully saturated rings. The molecular weight excluding hydrogens is 252 g/mol. The minimum absolute atomic E-state index is 0.00574. The third kappa shape index (κ3) is 3.07. The van der Waals surface area contributed by atoms with Crippen LogP contribution in [0.25, 0.3) is 11.3 Å². The molecular formula is C16H20N2O2. The lowest BCUT2D eigenvalue weighted by atomic mass is 10.1. The van der Waals surface area contributed by atoms with Gasteiger partial charge in [-0.1, -0.05) is 49.3 Å². The molecule has 1 amide bonds. The van der Waals surface area contributed by atoms with E-state index in [4.69, 9.17) is 4.52 Å². The van der Waals surface area contributed by atoms with E-state index in [1.54, 1.807) is 0 Å². The van der Waals surface area contributed by atoms with Gasteiger partial charge in [-0.05, 0) is 12.8 Å². The topological polar surface area (TPSA) is 46.3 Å². The van der Waals surface area contributed by atoms with Crippen LogP contribution in [-0.4, -0.2) is 29.1 Å². The number of benzene rings is 1. The third-order valence-electron chi connectivity index (χ3n) is 3.11. The Balaban J connectivity index is 2.29. The number of amides is 1. The Hall–Kier alpha value is -2.10. The van der Waals surface area contributed by atoms with Crippen molar-refractivity contribution in [2.75, 3.05) is 13.1 Å². The van der Waals surface area contributed by atoms with Gasteiger partial charge in [-0.15, -0.1) is 0 Å². The van der Waals surface area contributed by atoms with E-state index in [9.17, 15) is 4.79 Å². The summed E-state index contributed by atoms with van der Waals surface area (Å²) in [7, 11) is 0. The van der Waals surface area contributed by atoms with E-state index < -0.39 is 0 Å². The van der Waals surface area contributed by atoms with Crippen LogP contribution in [0.15, 0.2) is 41.1 Å². The van der Waals surface area contributed by atoms with Gasteiger partial charge in [0.15, 0.2) is 5.76 Å². The first-order valence-electron chi connectivity index (χ1n) is 7.07. The van der Waals surface area contributed by atoms with Crippen molar-refractivity contribution in [1.29, 1.82) is 0 Å². The molecule has 0 bridgehead atoms. The highest BCUT2D eigenvalue weighted by atomic mass is 16.5. The van der Waals surface area contributed by atoms with Crippen molar-refractivity contribution in [1.82, 2.24) is 10.1 Å². The molecule has 0 atom stereocenters. The van der Waals surface area contributed by atoms with Gasteiger partial charge in [-0.3, -0.25) is 4.79 Å². The second kappa shape index (κ2) is 6.89. The van der Waals surface area contributed by atoms with E-state index in [0.29, 0.717) is 11.3 Å². The summed E-state index contributed by atoms with van der Waals surface area (Å²) in [6.45, 7) is 5.65. The van der Waals surface area contributed by atoms with E-state index in [1.807, 2.05) is 35.2 Å². The molecule has 0 saturated carbocycles. The predicted molar refractivity (Wildman–Crippen MR) is 78.4 cm³/mol. The van der Waals surface area contributed by atoms with Crippen LogP contribution in [-0.2, 0) is 0 Å². The first-order valence-corrected chi connectivity index (χ1v) is 7.07. The molecule has 4 heteroatoms. The Morgan fingerprint density at radius 3 is 2.40 bits per heavy atom. The molecule has 0 spiro atoms. The maximum absolute atomic E-state index is 12.6. The van der Waals surface area contributed by atoms with Gasteiger partial charge in [0.1, 0.15) is 5.56 Å². The Kier molecular flexibility index (Phi) is 4.93. The van der Waals surface area contributed by atoms with Crippen LogP contribution in [0.5, 0.6) is 0 Å². The number of hydrogen-bond donors (Lipinski definition) is 0. The average Bonchev–Trinajstić information content (AvgIpc) is 2.96.